The summed E-state index contributed by atoms with van der Waals surface area (Å²) in [5.41, 5.74) is -1.75. The number of fused-ring (bicyclic) bond motifs is 7. The quantitative estimate of drug-likeness (QED) is 0.132. The number of aliphatic hydroxyl groups is 8. The highest BCUT2D eigenvalue weighted by Crippen LogP contribution is 2.76. The summed E-state index contributed by atoms with van der Waals surface area (Å²) < 4.78 is 24.1. The van der Waals surface area contributed by atoms with E-state index in [-0.39, 0.29) is 47.2 Å². The molecule has 14 nitrogen and oxygen atoms in total. The van der Waals surface area contributed by atoms with Gasteiger partial charge in [0.25, 0.3) is 0 Å². The third-order valence-corrected chi connectivity index (χ3v) is 17.0. The second kappa shape index (κ2) is 14.2. The summed E-state index contributed by atoms with van der Waals surface area (Å²) >= 11 is 0. The van der Waals surface area contributed by atoms with Crippen molar-refractivity contribution in [3.8, 4) is 0 Å². The van der Waals surface area contributed by atoms with E-state index in [0.29, 0.717) is 19.3 Å². The number of aliphatic carboxylic acids is 1. The van der Waals surface area contributed by atoms with Crippen LogP contribution in [0.2, 0.25) is 0 Å². The lowest BCUT2D eigenvalue weighted by atomic mass is 9.33. The molecule has 7 rings (SSSR count). The van der Waals surface area contributed by atoms with Gasteiger partial charge in [-0.25, -0.2) is 0 Å². The number of aliphatic hydroxyl groups excluding tert-OH is 8. The molecule has 14 heteroatoms. The van der Waals surface area contributed by atoms with E-state index in [9.17, 15) is 50.8 Å². The van der Waals surface area contributed by atoms with Gasteiger partial charge in [0, 0.05) is 5.41 Å². The van der Waals surface area contributed by atoms with E-state index >= 15 is 0 Å². The van der Waals surface area contributed by atoms with E-state index in [1.807, 2.05) is 6.92 Å². The molecule has 0 radical (unpaired) electrons. The van der Waals surface area contributed by atoms with Gasteiger partial charge in [-0.1, -0.05) is 53.2 Å². The van der Waals surface area contributed by atoms with Crippen LogP contribution in [-0.2, 0) is 23.7 Å². The van der Waals surface area contributed by atoms with Crippen molar-refractivity contribution in [1.29, 1.82) is 0 Å². The van der Waals surface area contributed by atoms with Crippen molar-refractivity contribution in [3.63, 3.8) is 0 Å². The Kier molecular flexibility index (Phi) is 10.8. The molecule has 9 N–H and O–H groups in total. The lowest BCUT2D eigenvalue weighted by molar-refractivity contribution is -0.368. The second-order valence-corrected chi connectivity index (χ2v) is 20.2. The molecule has 4 saturated carbocycles. The van der Waals surface area contributed by atoms with Crippen LogP contribution in [0.1, 0.15) is 99.3 Å². The van der Waals surface area contributed by atoms with E-state index in [1.54, 1.807) is 0 Å². The topological polar surface area (TPSA) is 236 Å². The molecule has 0 amide bonds. The third kappa shape index (κ3) is 6.05. The maximum absolute atomic E-state index is 13.1. The second-order valence-electron chi connectivity index (χ2n) is 20.2. The van der Waals surface area contributed by atoms with Crippen LogP contribution in [0, 0.1) is 50.2 Å². The molecule has 2 aliphatic heterocycles. The molecule has 7 aliphatic rings. The van der Waals surface area contributed by atoms with Gasteiger partial charge in [-0.3, -0.25) is 4.79 Å². The zero-order valence-corrected chi connectivity index (χ0v) is 33.2. The Labute approximate surface area is 323 Å². The molecular weight excluding hydrogens is 716 g/mol. The van der Waals surface area contributed by atoms with Gasteiger partial charge in [0.2, 0.25) is 0 Å². The van der Waals surface area contributed by atoms with E-state index in [1.165, 1.54) is 5.57 Å². The van der Waals surface area contributed by atoms with Crippen molar-refractivity contribution in [2.45, 2.75) is 167 Å². The Morgan fingerprint density at radius 1 is 0.818 bits per heavy atom. The summed E-state index contributed by atoms with van der Waals surface area (Å²) in [7, 11) is 0. The van der Waals surface area contributed by atoms with Crippen molar-refractivity contribution in [3.05, 3.63) is 11.6 Å². The maximum atomic E-state index is 13.1. The number of carbonyl (C=O) groups is 1. The average Bonchev–Trinajstić information content (AvgIpc) is 3.12. The first-order valence-corrected chi connectivity index (χ1v) is 20.5. The summed E-state index contributed by atoms with van der Waals surface area (Å²) in [4.78, 5) is 13.1. The fourth-order valence-corrected chi connectivity index (χ4v) is 13.5. The summed E-state index contributed by atoms with van der Waals surface area (Å²) in [6.07, 6.45) is -6.79. The van der Waals surface area contributed by atoms with Gasteiger partial charge in [-0.15, -0.1) is 0 Å². The predicted octanol–water partition coefficient (Wildman–Crippen LogP) is 1.46. The molecule has 6 fully saturated rings. The van der Waals surface area contributed by atoms with Gasteiger partial charge in [-0.05, 0) is 97.2 Å². The zero-order valence-electron chi connectivity index (χ0n) is 33.2. The maximum Gasteiger partial charge on any atom is 0.312 e. The van der Waals surface area contributed by atoms with Crippen molar-refractivity contribution < 1.29 is 69.7 Å². The van der Waals surface area contributed by atoms with Gasteiger partial charge in [0.05, 0.1) is 32.0 Å². The number of rotatable bonds is 7. The molecule has 55 heavy (non-hydrogen) atoms. The lowest BCUT2D eigenvalue weighted by Gasteiger charge is -2.71. The summed E-state index contributed by atoms with van der Waals surface area (Å²) in [5, 5.41) is 96.6. The van der Waals surface area contributed by atoms with Gasteiger partial charge < -0.3 is 64.9 Å². The first-order valence-electron chi connectivity index (χ1n) is 20.5. The summed E-state index contributed by atoms with van der Waals surface area (Å²) in [5.74, 6) is -0.983. The van der Waals surface area contributed by atoms with Crippen LogP contribution in [0.5, 0.6) is 0 Å². The highest BCUT2D eigenvalue weighted by molar-refractivity contribution is 5.77. The van der Waals surface area contributed by atoms with Crippen LogP contribution >= 0.6 is 0 Å². The van der Waals surface area contributed by atoms with Crippen LogP contribution in [0.25, 0.3) is 0 Å². The number of ether oxygens (including phenoxy) is 4. The van der Waals surface area contributed by atoms with Gasteiger partial charge in [0.15, 0.2) is 12.6 Å². The largest absolute Gasteiger partial charge is 0.481 e. The molecule has 0 aromatic rings. The third-order valence-electron chi connectivity index (χ3n) is 17.0. The molecule has 0 aromatic heterocycles. The Morgan fingerprint density at radius 2 is 1.53 bits per heavy atom. The molecule has 19 atom stereocenters. The molecule has 0 bridgehead atoms. The van der Waals surface area contributed by atoms with Crippen molar-refractivity contribution >= 4 is 5.97 Å². The Bertz CT molecular complexity index is 1490. The molecule has 314 valence electrons. The average molecular weight is 783 g/mol. The van der Waals surface area contributed by atoms with Gasteiger partial charge >= 0.3 is 5.97 Å². The zero-order chi connectivity index (χ0) is 40.3. The molecule has 0 spiro atoms. The SMILES string of the molecule is CC1(C)CC[C@]2(C(=O)O)[C@H](O)C[C@]3(C)C(=CC[C@@H]4[C@@]5(C)CC[C@H](O[C@@H]6OC[C@H](O)[C@H](O)[C@H]6O[C@@H]6O[C@H](CO)[C@H](O)[C@H](O)[C@H]6O)[C@@](C)(CO)[C@@H]5CC[C@]43C)[C@@H]2C1. The van der Waals surface area contributed by atoms with E-state index < -0.39 is 96.3 Å². The summed E-state index contributed by atoms with van der Waals surface area (Å²) in [6, 6.07) is 0. The Morgan fingerprint density at radius 3 is 2.18 bits per heavy atom. The Hall–Kier alpha value is -1.27. The number of hydrogen-bond donors (Lipinski definition) is 9. The normalized spacial score (nSPS) is 54.9. The molecular formula is C41H66O14. The minimum Gasteiger partial charge on any atom is -0.481 e. The predicted molar refractivity (Wildman–Crippen MR) is 195 cm³/mol. The summed E-state index contributed by atoms with van der Waals surface area (Å²) in [6.45, 7) is 12.2. The molecule has 2 saturated heterocycles. The van der Waals surface area contributed by atoms with E-state index in [0.717, 1.165) is 38.5 Å². The number of carboxylic acid groups (broad SMARTS) is 1. The van der Waals surface area contributed by atoms with Gasteiger partial charge in [0.1, 0.15) is 48.1 Å². The molecule has 2 heterocycles. The molecule has 0 unspecified atom stereocenters. The van der Waals surface area contributed by atoms with Crippen molar-refractivity contribution in [1.82, 2.24) is 0 Å². The van der Waals surface area contributed by atoms with Crippen molar-refractivity contribution in [2.24, 2.45) is 50.2 Å². The smallest absolute Gasteiger partial charge is 0.312 e. The van der Waals surface area contributed by atoms with E-state index in [2.05, 4.69) is 40.7 Å². The van der Waals surface area contributed by atoms with E-state index in [4.69, 9.17) is 18.9 Å². The highest BCUT2D eigenvalue weighted by atomic mass is 16.8. The van der Waals surface area contributed by atoms with Crippen LogP contribution in [0.4, 0.5) is 0 Å². The number of carboxylic acids is 1. The van der Waals surface area contributed by atoms with Crippen molar-refractivity contribution in [2.75, 3.05) is 19.8 Å². The van der Waals surface area contributed by atoms with Crippen LogP contribution in [-0.4, -0.2) is 139 Å². The first-order chi connectivity index (χ1) is 25.6. The fraction of sp³-hybridized carbons (Fsp3) is 0.927. The fourth-order valence-electron chi connectivity index (χ4n) is 13.5. The molecule has 5 aliphatic carbocycles. The van der Waals surface area contributed by atoms with Crippen LogP contribution < -0.4 is 0 Å². The Balaban J connectivity index is 1.16. The van der Waals surface area contributed by atoms with Gasteiger partial charge in [-0.2, -0.15) is 0 Å². The lowest BCUT2D eigenvalue weighted by Crippen LogP contribution is -2.68. The van der Waals surface area contributed by atoms with Crippen LogP contribution in [0.3, 0.4) is 0 Å². The monoisotopic (exact) mass is 782 g/mol. The number of allylic oxidation sites excluding steroid dienone is 2. The minimum atomic E-state index is -1.75. The molecule has 0 aromatic carbocycles. The highest BCUT2D eigenvalue weighted by Gasteiger charge is 2.72. The first kappa shape index (κ1) is 41.9. The standard InChI is InChI=1S/C41H66O14/c1-36(2)13-14-41(35(50)51)21(15-36)20-7-8-25-37(3)11-10-27(38(4,19-43)24(37)9-12-39(25,5)40(20,6)16-26(41)45)54-34-32(28(46)22(44)18-52-34)55-33-31(49)30(48)29(47)23(17-42)53-33/h7,21-34,42-49H,8-19H2,1-6H3,(H,50,51)/t21-,22-,23+,24+,25+,26+,27-,28-,29-,30-,31+,32+,33-,34-,37-,38-,39+,40+,41+/m0/s1. The number of hydrogen-bond acceptors (Lipinski definition) is 13. The van der Waals surface area contributed by atoms with Crippen LogP contribution in [0.15, 0.2) is 11.6 Å². The minimum absolute atomic E-state index is 0.00969.